The molecule has 0 aliphatic heterocycles. The van der Waals surface area contributed by atoms with Crippen LogP contribution in [0.1, 0.15) is 0 Å². The molecule has 0 saturated carbocycles. The third-order valence-electron chi connectivity index (χ3n) is 13.0. The average Bonchev–Trinajstić information content (AvgIpc) is 4.09. The van der Waals surface area contributed by atoms with Gasteiger partial charge in [-0.1, -0.05) is 152 Å². The van der Waals surface area contributed by atoms with Crippen molar-refractivity contribution < 1.29 is 0 Å². The molecule has 0 N–H and O–H groups in total. The second-order valence-corrected chi connectivity index (χ2v) is 16.4. The van der Waals surface area contributed by atoms with E-state index in [4.69, 9.17) is 15.0 Å². The normalized spacial score (nSPS) is 12.1. The van der Waals surface area contributed by atoms with E-state index in [1.165, 1.54) is 21.5 Å². The summed E-state index contributed by atoms with van der Waals surface area (Å²) < 4.78 is 9.25. The molecule has 0 spiro atoms. The van der Waals surface area contributed by atoms with Gasteiger partial charge in [0.05, 0.1) is 55.5 Å². The minimum absolute atomic E-state index is 0.541. The fourth-order valence-corrected chi connectivity index (χ4v) is 10.4. The minimum atomic E-state index is 0.541. The second-order valence-electron chi connectivity index (χ2n) is 16.4. The van der Waals surface area contributed by atoms with Crippen molar-refractivity contribution >= 4 is 87.2 Å². The third-order valence-corrected chi connectivity index (χ3v) is 13.0. The maximum Gasteiger partial charge on any atom is 0.240 e. The van der Waals surface area contributed by atoms with Crippen LogP contribution in [0, 0.1) is 0 Å². The summed E-state index contributed by atoms with van der Waals surface area (Å²) in [5.74, 6) is 1.67. The van der Waals surface area contributed by atoms with Crippen LogP contribution in [-0.2, 0) is 0 Å². The van der Waals surface area contributed by atoms with Gasteiger partial charge in [-0.15, -0.1) is 0 Å². The quantitative estimate of drug-likeness (QED) is 0.174. The first-order chi connectivity index (χ1) is 31.8. The number of hydrogen-bond donors (Lipinski definition) is 0. The van der Waals surface area contributed by atoms with Gasteiger partial charge in [-0.3, -0.25) is 9.13 Å². The number of aromatic nitrogens is 7. The lowest BCUT2D eigenvalue weighted by molar-refractivity contribution is 0.892. The maximum absolute atomic E-state index is 5.52. The first-order valence-electron chi connectivity index (χ1n) is 21.6. The van der Waals surface area contributed by atoms with Gasteiger partial charge < -0.3 is 9.13 Å². The van der Waals surface area contributed by atoms with E-state index >= 15 is 0 Å². The van der Waals surface area contributed by atoms with Crippen molar-refractivity contribution in [3.8, 4) is 34.7 Å². The average molecular weight is 818 g/mol. The molecule has 0 aliphatic carbocycles. The Bertz CT molecular complexity index is 3850. The van der Waals surface area contributed by atoms with Gasteiger partial charge in [0.25, 0.3) is 0 Å². The Morgan fingerprint density at radius 2 is 0.547 bits per heavy atom. The van der Waals surface area contributed by atoms with Gasteiger partial charge in [-0.2, -0.15) is 15.0 Å². The number of nitrogens with zero attached hydrogens (tertiary/aromatic N) is 7. The lowest BCUT2D eigenvalue weighted by atomic mass is 10.1. The highest BCUT2D eigenvalue weighted by Gasteiger charge is 2.24. The summed E-state index contributed by atoms with van der Waals surface area (Å²) in [4.78, 5) is 16.2. The van der Waals surface area contributed by atoms with Gasteiger partial charge in [0, 0.05) is 48.7 Å². The Balaban J connectivity index is 1.07. The van der Waals surface area contributed by atoms with Crippen molar-refractivity contribution in [2.24, 2.45) is 0 Å². The molecule has 14 aromatic rings. The SMILES string of the molecule is c1ccc(-c2nc(-n3c4ccccc4c4c(-n5c6ccccc6c6ccccc65)cccc43)nc(-n3c4ccccc4c4c(-n5c6ccccc6c6ccccc65)cccc43)n2)cc1. The molecule has 0 unspecified atom stereocenters. The Labute approximate surface area is 366 Å². The second kappa shape index (κ2) is 13.3. The van der Waals surface area contributed by atoms with Crippen LogP contribution in [-0.4, -0.2) is 33.2 Å². The van der Waals surface area contributed by atoms with Crippen molar-refractivity contribution in [1.29, 1.82) is 0 Å². The molecule has 64 heavy (non-hydrogen) atoms. The third kappa shape index (κ3) is 4.83. The zero-order valence-corrected chi connectivity index (χ0v) is 34.3. The minimum Gasteiger partial charge on any atom is -0.309 e. The lowest BCUT2D eigenvalue weighted by Gasteiger charge is -2.13. The zero-order chi connectivity index (χ0) is 41.9. The van der Waals surface area contributed by atoms with E-state index in [2.05, 4.69) is 212 Å². The lowest BCUT2D eigenvalue weighted by Crippen LogP contribution is -2.10. The van der Waals surface area contributed by atoms with Crippen LogP contribution in [0.5, 0.6) is 0 Å². The molecule has 0 aliphatic rings. The number of para-hydroxylation sites is 6. The van der Waals surface area contributed by atoms with Crippen molar-refractivity contribution in [3.05, 3.63) is 212 Å². The van der Waals surface area contributed by atoms with Gasteiger partial charge in [0.1, 0.15) is 0 Å². The van der Waals surface area contributed by atoms with Crippen LogP contribution in [0.4, 0.5) is 0 Å². The molecule has 5 aromatic heterocycles. The Hall–Kier alpha value is -8.81. The van der Waals surface area contributed by atoms with Gasteiger partial charge >= 0.3 is 0 Å². The first kappa shape index (κ1) is 34.9. The fourth-order valence-electron chi connectivity index (χ4n) is 10.4. The highest BCUT2D eigenvalue weighted by molar-refractivity contribution is 6.18. The molecular weight excluding hydrogens is 783 g/mol. The van der Waals surface area contributed by atoms with Crippen LogP contribution < -0.4 is 0 Å². The van der Waals surface area contributed by atoms with E-state index in [-0.39, 0.29) is 0 Å². The number of hydrogen-bond acceptors (Lipinski definition) is 3. The van der Waals surface area contributed by atoms with E-state index in [1.807, 2.05) is 18.2 Å². The molecule has 0 amide bonds. The standard InChI is InChI=1S/C57H35N7/c1-2-18-36(19-3-1)55-58-56(63-47-30-14-8-24-41(47)53-49(32-16-34-51(53)63)61-43-26-10-4-20-37(43)38-21-5-11-27-44(38)61)60-57(59-55)64-48-31-15-9-25-42(48)54-50(33-17-35-52(54)64)62-45-28-12-6-22-39(45)40-23-7-13-29-46(40)62/h1-35H. The van der Waals surface area contributed by atoms with Gasteiger partial charge in [-0.25, -0.2) is 0 Å². The molecule has 0 radical (unpaired) electrons. The first-order valence-corrected chi connectivity index (χ1v) is 21.6. The molecule has 14 rings (SSSR count). The van der Waals surface area contributed by atoms with E-state index in [1.54, 1.807) is 0 Å². The number of fused-ring (bicyclic) bond motifs is 12. The highest BCUT2D eigenvalue weighted by Crippen LogP contribution is 2.42. The monoisotopic (exact) mass is 817 g/mol. The molecule has 0 saturated heterocycles. The van der Waals surface area contributed by atoms with Gasteiger partial charge in [0.2, 0.25) is 11.9 Å². The molecule has 0 fully saturated rings. The predicted molar refractivity (Wildman–Crippen MR) is 263 cm³/mol. The van der Waals surface area contributed by atoms with Crippen LogP contribution >= 0.6 is 0 Å². The Morgan fingerprint density at radius 3 is 0.938 bits per heavy atom. The summed E-state index contributed by atoms with van der Waals surface area (Å²) in [5, 5.41) is 9.38. The highest BCUT2D eigenvalue weighted by atomic mass is 15.3. The predicted octanol–water partition coefficient (Wildman–Crippen LogP) is 13.9. The van der Waals surface area contributed by atoms with Gasteiger partial charge in [-0.05, 0) is 60.7 Å². The van der Waals surface area contributed by atoms with Crippen LogP contribution in [0.3, 0.4) is 0 Å². The van der Waals surface area contributed by atoms with Crippen molar-refractivity contribution in [3.63, 3.8) is 0 Å². The largest absolute Gasteiger partial charge is 0.309 e. The molecule has 298 valence electrons. The molecule has 7 heteroatoms. The maximum atomic E-state index is 5.52. The van der Waals surface area contributed by atoms with E-state index < -0.39 is 0 Å². The molecule has 0 atom stereocenters. The molecule has 9 aromatic carbocycles. The summed E-state index contributed by atoms with van der Waals surface area (Å²) in [5.41, 5.74) is 11.8. The Morgan fingerprint density at radius 1 is 0.234 bits per heavy atom. The van der Waals surface area contributed by atoms with E-state index in [0.29, 0.717) is 17.7 Å². The van der Waals surface area contributed by atoms with Crippen LogP contribution in [0.15, 0.2) is 212 Å². The van der Waals surface area contributed by atoms with Crippen LogP contribution in [0.25, 0.3) is 122 Å². The number of rotatable bonds is 5. The molecule has 0 bridgehead atoms. The van der Waals surface area contributed by atoms with Crippen molar-refractivity contribution in [1.82, 2.24) is 33.2 Å². The summed E-state index contributed by atoms with van der Waals surface area (Å²) in [6, 6.07) is 75.4. The van der Waals surface area contributed by atoms with Gasteiger partial charge in [0.15, 0.2) is 5.82 Å². The Kier molecular flexibility index (Phi) is 7.27. The molecule has 7 nitrogen and oxygen atoms in total. The molecular formula is C57H35N7. The molecule has 5 heterocycles. The summed E-state index contributed by atoms with van der Waals surface area (Å²) in [6.45, 7) is 0. The zero-order valence-electron chi connectivity index (χ0n) is 34.3. The summed E-state index contributed by atoms with van der Waals surface area (Å²) in [7, 11) is 0. The van der Waals surface area contributed by atoms with Crippen molar-refractivity contribution in [2.75, 3.05) is 0 Å². The smallest absolute Gasteiger partial charge is 0.240 e. The van der Waals surface area contributed by atoms with Crippen LogP contribution in [0.2, 0.25) is 0 Å². The van der Waals surface area contributed by atoms with Crippen molar-refractivity contribution in [2.45, 2.75) is 0 Å². The topological polar surface area (TPSA) is 58.4 Å². The van der Waals surface area contributed by atoms with E-state index in [9.17, 15) is 0 Å². The fraction of sp³-hybridized carbons (Fsp3) is 0. The van der Waals surface area contributed by atoms with E-state index in [0.717, 1.165) is 82.6 Å². The summed E-state index contributed by atoms with van der Waals surface area (Å²) >= 11 is 0. The number of benzene rings is 9. The summed E-state index contributed by atoms with van der Waals surface area (Å²) in [6.07, 6.45) is 0.